The standard InChI is InChI=1S/C67H63N7O6/c1-40(2)36-58(65(77)79-39-43-14-10-8-11-15-43)74-64(76)47-26-27-49(73-59(75)38-68-66(78)80-67(5,6)7)48(37-47)63-56-34-32-51(71-56)60(44-16-12-9-13-17-44)50-28-29-52(69-50)61(45-22-18-41(3)19-23-45)53-30-31-54(70-53)62(55-33-35-57(63)72-55)46-24-20-42(4)21-25-46/h8-35,37,40,58,69,72H,36,38-39H2,1-7H3,(H,68,78)(H,73,75)(H,74,76)/t58-/m0/s1. The summed E-state index contributed by atoms with van der Waals surface area (Å²) in [6.07, 6.45) is 7.57. The van der Waals surface area contributed by atoms with Gasteiger partial charge in [-0.3, -0.25) is 9.59 Å². The number of carbonyl (C=O) groups excluding carboxylic acids is 4. The molecule has 2 aliphatic heterocycles. The largest absolute Gasteiger partial charge is 0.459 e. The van der Waals surface area contributed by atoms with Crippen molar-refractivity contribution < 1.29 is 28.7 Å². The number of nitrogens with zero attached hydrogens (tertiary/aromatic N) is 2. The Kier molecular flexibility index (Phi) is 15.6. The van der Waals surface area contributed by atoms with Gasteiger partial charge in [0, 0.05) is 61.1 Å². The van der Waals surface area contributed by atoms with E-state index >= 15 is 0 Å². The predicted molar refractivity (Wildman–Crippen MR) is 320 cm³/mol. The minimum atomic E-state index is -0.972. The highest BCUT2D eigenvalue weighted by molar-refractivity contribution is 6.06. The quantitative estimate of drug-likeness (QED) is 0.0667. The van der Waals surface area contributed by atoms with Gasteiger partial charge in [-0.2, -0.15) is 0 Å². The molecule has 2 aliphatic rings. The third-order valence-corrected chi connectivity index (χ3v) is 13.6. The van der Waals surface area contributed by atoms with Gasteiger partial charge in [0.2, 0.25) is 5.91 Å². The molecular formula is C67H63N7O6. The fraction of sp³-hybridized carbons (Fsp3) is 0.194. The van der Waals surface area contributed by atoms with Crippen LogP contribution in [0, 0.1) is 19.8 Å². The lowest BCUT2D eigenvalue weighted by atomic mass is 9.98. The molecule has 13 heteroatoms. The average Bonchev–Trinajstić information content (AvgIpc) is 4.44. The third-order valence-electron chi connectivity index (χ3n) is 13.6. The van der Waals surface area contributed by atoms with E-state index in [1.807, 2.05) is 105 Å². The lowest BCUT2D eigenvalue weighted by Crippen LogP contribution is -2.42. The van der Waals surface area contributed by atoms with Gasteiger partial charge in [0.1, 0.15) is 24.8 Å². The number of aromatic amines is 2. The zero-order chi connectivity index (χ0) is 56.1. The highest BCUT2D eigenvalue weighted by Gasteiger charge is 2.27. The van der Waals surface area contributed by atoms with Gasteiger partial charge in [-0.05, 0) is 136 Å². The average molecular weight is 1060 g/mol. The first-order valence-corrected chi connectivity index (χ1v) is 26.8. The van der Waals surface area contributed by atoms with Crippen LogP contribution in [0.5, 0.6) is 0 Å². The molecule has 10 rings (SSSR count). The molecule has 0 fully saturated rings. The van der Waals surface area contributed by atoms with E-state index in [0.717, 1.165) is 78.0 Å². The Morgan fingerprint density at radius 2 is 1.05 bits per heavy atom. The maximum absolute atomic E-state index is 14.7. The molecule has 3 amide bonds. The van der Waals surface area contributed by atoms with Crippen molar-refractivity contribution in [3.05, 3.63) is 197 Å². The predicted octanol–water partition coefficient (Wildman–Crippen LogP) is 14.3. The molecule has 0 saturated heterocycles. The van der Waals surface area contributed by atoms with E-state index in [4.69, 9.17) is 19.4 Å². The summed E-state index contributed by atoms with van der Waals surface area (Å²) in [5.74, 6) is -1.62. The number of aromatic nitrogens is 4. The van der Waals surface area contributed by atoms with Crippen molar-refractivity contribution in [2.45, 2.75) is 73.1 Å². The number of anilines is 1. The van der Waals surface area contributed by atoms with E-state index in [2.05, 4.69) is 107 Å². The van der Waals surface area contributed by atoms with E-state index in [1.54, 1.807) is 39.0 Å². The van der Waals surface area contributed by atoms with Gasteiger partial charge in [0.05, 0.1) is 22.8 Å². The summed E-state index contributed by atoms with van der Waals surface area (Å²) in [6, 6.07) is 48.3. The van der Waals surface area contributed by atoms with E-state index in [1.165, 1.54) is 0 Å². The molecule has 8 bridgehead atoms. The smallest absolute Gasteiger partial charge is 0.408 e. The van der Waals surface area contributed by atoms with Gasteiger partial charge in [-0.1, -0.05) is 134 Å². The van der Waals surface area contributed by atoms with Gasteiger partial charge in [-0.25, -0.2) is 19.6 Å². The Balaban J connectivity index is 1.22. The number of hydrogen-bond acceptors (Lipinski definition) is 8. The number of alkyl carbamates (subject to hydrolysis) is 1. The summed E-state index contributed by atoms with van der Waals surface area (Å²) in [6.45, 7) is 12.9. The molecule has 5 aromatic carbocycles. The number of esters is 1. The Labute approximate surface area is 465 Å². The van der Waals surface area contributed by atoms with Crippen molar-refractivity contribution in [1.82, 2.24) is 30.6 Å². The molecule has 0 aliphatic carbocycles. The minimum absolute atomic E-state index is 0.0286. The molecule has 80 heavy (non-hydrogen) atoms. The molecule has 5 N–H and O–H groups in total. The zero-order valence-electron chi connectivity index (χ0n) is 45.9. The first-order chi connectivity index (χ1) is 38.5. The molecule has 3 aromatic heterocycles. The van der Waals surface area contributed by atoms with Crippen LogP contribution in [0.25, 0.3) is 90.9 Å². The van der Waals surface area contributed by atoms with Crippen LogP contribution in [0.4, 0.5) is 10.5 Å². The lowest BCUT2D eigenvalue weighted by molar-refractivity contribution is -0.147. The van der Waals surface area contributed by atoms with Crippen LogP contribution in [0.2, 0.25) is 0 Å². The second-order valence-corrected chi connectivity index (χ2v) is 21.5. The molecule has 0 radical (unpaired) electrons. The van der Waals surface area contributed by atoms with Crippen molar-refractivity contribution in [2.24, 2.45) is 5.92 Å². The number of benzene rings is 5. The number of rotatable bonds is 14. The van der Waals surface area contributed by atoms with Gasteiger partial charge >= 0.3 is 12.1 Å². The number of carbonyl (C=O) groups is 4. The molecule has 0 unspecified atom stereocenters. The second kappa shape index (κ2) is 23.1. The summed E-state index contributed by atoms with van der Waals surface area (Å²) in [7, 11) is 0. The van der Waals surface area contributed by atoms with Crippen LogP contribution in [0.15, 0.2) is 152 Å². The Hall–Kier alpha value is -9.62. The molecule has 402 valence electrons. The number of hydrogen-bond donors (Lipinski definition) is 5. The molecule has 13 nitrogen and oxygen atoms in total. The van der Waals surface area contributed by atoms with Crippen molar-refractivity contribution in [3.8, 4) is 44.5 Å². The zero-order valence-corrected chi connectivity index (χ0v) is 45.9. The van der Waals surface area contributed by atoms with Crippen LogP contribution >= 0.6 is 0 Å². The summed E-state index contributed by atoms with van der Waals surface area (Å²) in [4.78, 5) is 73.8. The molecule has 1 atom stereocenters. The first kappa shape index (κ1) is 53.8. The van der Waals surface area contributed by atoms with E-state index in [9.17, 15) is 19.2 Å². The summed E-state index contributed by atoms with van der Waals surface area (Å²) in [5, 5.41) is 8.56. The van der Waals surface area contributed by atoms with Gasteiger partial charge in [-0.15, -0.1) is 0 Å². The Morgan fingerprint density at radius 3 is 1.55 bits per heavy atom. The van der Waals surface area contributed by atoms with E-state index in [-0.39, 0.29) is 18.1 Å². The molecule has 8 aromatic rings. The normalized spacial score (nSPS) is 12.2. The van der Waals surface area contributed by atoms with Crippen LogP contribution in [0.3, 0.4) is 0 Å². The SMILES string of the molecule is Cc1ccc(-c2c3nc(c(-c4ccc(C)cc4)c4ccc([nH]4)c(-c4cc(C(=O)N[C@@H](CC(C)C)C(=O)OCc5ccccc5)ccc4NC(=O)CNC(=O)OC(C)(C)C)c4nc(c(-c5ccccc5)c5ccc2[nH]5)C=C4)C=C3)cc1. The molecule has 0 spiro atoms. The maximum Gasteiger partial charge on any atom is 0.408 e. The van der Waals surface area contributed by atoms with Gasteiger partial charge < -0.3 is 35.4 Å². The van der Waals surface area contributed by atoms with Crippen LogP contribution in [0.1, 0.15) is 90.9 Å². The van der Waals surface area contributed by atoms with Gasteiger partial charge in [0.15, 0.2) is 0 Å². The summed E-state index contributed by atoms with van der Waals surface area (Å²) >= 11 is 0. The fourth-order valence-electron chi connectivity index (χ4n) is 9.86. The summed E-state index contributed by atoms with van der Waals surface area (Å²) < 4.78 is 11.2. The van der Waals surface area contributed by atoms with Crippen molar-refractivity contribution in [2.75, 3.05) is 11.9 Å². The van der Waals surface area contributed by atoms with Crippen molar-refractivity contribution >= 4 is 75.9 Å². The maximum atomic E-state index is 14.7. The minimum Gasteiger partial charge on any atom is -0.459 e. The number of amides is 3. The monoisotopic (exact) mass is 1060 g/mol. The van der Waals surface area contributed by atoms with Gasteiger partial charge in [0.25, 0.3) is 5.91 Å². The van der Waals surface area contributed by atoms with E-state index in [0.29, 0.717) is 40.1 Å². The van der Waals surface area contributed by atoms with Crippen LogP contribution < -0.4 is 16.0 Å². The molecular weight excluding hydrogens is 999 g/mol. The molecule has 5 heterocycles. The Bertz CT molecular complexity index is 3890. The third kappa shape index (κ3) is 12.4. The van der Waals surface area contributed by atoms with Crippen molar-refractivity contribution in [3.63, 3.8) is 0 Å². The number of ether oxygens (including phenoxy) is 2. The number of aryl methyl sites for hydroxylation is 2. The summed E-state index contributed by atoms with van der Waals surface area (Å²) in [5.41, 5.74) is 14.9. The van der Waals surface area contributed by atoms with Crippen molar-refractivity contribution in [1.29, 1.82) is 0 Å². The van der Waals surface area contributed by atoms with Crippen LogP contribution in [-0.4, -0.2) is 62.0 Å². The molecule has 0 saturated carbocycles. The topological polar surface area (TPSA) is 180 Å². The Morgan fingerprint density at radius 1 is 0.575 bits per heavy atom. The fourth-order valence-corrected chi connectivity index (χ4v) is 9.86. The number of nitrogens with one attached hydrogen (secondary N) is 5. The highest BCUT2D eigenvalue weighted by Crippen LogP contribution is 2.40. The number of fused-ring (bicyclic) bond motifs is 8. The lowest BCUT2D eigenvalue weighted by Gasteiger charge is -2.21. The first-order valence-electron chi connectivity index (χ1n) is 26.8. The second-order valence-electron chi connectivity index (χ2n) is 21.5. The highest BCUT2D eigenvalue weighted by atomic mass is 16.6. The number of H-pyrrole nitrogens is 2. The van der Waals surface area contributed by atoms with Crippen LogP contribution in [-0.2, 0) is 25.7 Å². The van der Waals surface area contributed by atoms with E-state index < -0.39 is 42.1 Å².